The molecular weight excluding hydrogens is 210 g/mol. The lowest BCUT2D eigenvalue weighted by Gasteiger charge is -1.92. The van der Waals surface area contributed by atoms with Crippen LogP contribution in [0.2, 0.25) is 0 Å². The van der Waals surface area contributed by atoms with Crippen molar-refractivity contribution >= 4 is 21.4 Å². The van der Waals surface area contributed by atoms with E-state index in [1.54, 1.807) is 13.8 Å². The summed E-state index contributed by atoms with van der Waals surface area (Å²) in [6, 6.07) is 1.50. The maximum atomic E-state index is 11.3. The highest BCUT2D eigenvalue weighted by Crippen LogP contribution is 2.26. The van der Waals surface area contributed by atoms with Crippen molar-refractivity contribution < 1.29 is 8.42 Å². The van der Waals surface area contributed by atoms with E-state index < -0.39 is 10.0 Å². The zero-order valence-electron chi connectivity index (χ0n) is 7.05. The molecule has 0 bridgehead atoms. The largest absolute Gasteiger partial charge is 0.265 e. The Balaban J connectivity index is 3.38. The SMILES string of the molecule is Cc1cc(S(=O)(=O)N=[N+]=[N-])c(C)s1. The Bertz CT molecular complexity index is 468. The first-order chi connectivity index (χ1) is 5.97. The molecule has 1 aromatic rings. The monoisotopic (exact) mass is 217 g/mol. The van der Waals surface area contributed by atoms with Gasteiger partial charge in [0.1, 0.15) is 0 Å². The molecule has 1 rings (SSSR count). The van der Waals surface area contributed by atoms with Gasteiger partial charge in [0.2, 0.25) is 0 Å². The van der Waals surface area contributed by atoms with Gasteiger partial charge < -0.3 is 0 Å². The molecule has 0 atom stereocenters. The molecule has 0 aliphatic rings. The fraction of sp³-hybridized carbons (Fsp3) is 0.333. The predicted octanol–water partition coefficient (Wildman–Crippen LogP) is 2.36. The van der Waals surface area contributed by atoms with Crippen LogP contribution < -0.4 is 0 Å². The zero-order chi connectivity index (χ0) is 10.1. The number of rotatable bonds is 2. The van der Waals surface area contributed by atoms with Crippen LogP contribution in [-0.2, 0) is 10.0 Å². The summed E-state index contributed by atoms with van der Waals surface area (Å²) >= 11 is 1.36. The minimum Gasteiger partial charge on any atom is -0.216 e. The molecule has 5 nitrogen and oxygen atoms in total. The maximum absolute atomic E-state index is 11.3. The van der Waals surface area contributed by atoms with E-state index in [0.717, 1.165) is 4.88 Å². The Labute approximate surface area is 79.7 Å². The summed E-state index contributed by atoms with van der Waals surface area (Å²) in [6.07, 6.45) is 0. The third-order valence-electron chi connectivity index (χ3n) is 1.42. The van der Waals surface area contributed by atoms with Gasteiger partial charge in [-0.2, -0.15) is 0 Å². The van der Waals surface area contributed by atoms with Crippen molar-refractivity contribution in [3.63, 3.8) is 0 Å². The van der Waals surface area contributed by atoms with Crippen molar-refractivity contribution in [3.8, 4) is 0 Å². The third-order valence-corrected chi connectivity index (χ3v) is 3.78. The van der Waals surface area contributed by atoms with Crippen LogP contribution in [0.4, 0.5) is 0 Å². The molecule has 1 aromatic heterocycles. The lowest BCUT2D eigenvalue weighted by atomic mass is 10.4. The molecule has 7 heteroatoms. The standard InChI is InChI=1S/C6H7N3O2S2/c1-4-3-6(5(2)12-4)13(10,11)9-8-7/h3H,1-2H3. The molecule has 0 radical (unpaired) electrons. The van der Waals surface area contributed by atoms with Gasteiger partial charge in [0, 0.05) is 19.2 Å². The average Bonchev–Trinajstić information content (AvgIpc) is 2.30. The Morgan fingerprint density at radius 1 is 1.54 bits per heavy atom. The average molecular weight is 217 g/mol. The highest BCUT2D eigenvalue weighted by atomic mass is 32.2. The first-order valence-electron chi connectivity index (χ1n) is 3.36. The number of hydrogen-bond donors (Lipinski definition) is 0. The summed E-state index contributed by atoms with van der Waals surface area (Å²) in [5.74, 6) is 0. The molecule has 0 aliphatic carbocycles. The molecule has 1 heterocycles. The minimum atomic E-state index is -3.80. The molecule has 0 aliphatic heterocycles. The first kappa shape index (κ1) is 10.0. The van der Waals surface area contributed by atoms with Crippen molar-refractivity contribution in [2.45, 2.75) is 18.7 Å². The molecule has 0 unspecified atom stereocenters. The molecule has 0 amide bonds. The van der Waals surface area contributed by atoms with Gasteiger partial charge in [0.15, 0.2) is 0 Å². The van der Waals surface area contributed by atoms with Gasteiger partial charge in [-0.1, -0.05) is 0 Å². The Kier molecular flexibility index (Phi) is 2.60. The Morgan fingerprint density at radius 2 is 2.15 bits per heavy atom. The molecule has 0 fully saturated rings. The van der Waals surface area contributed by atoms with E-state index in [2.05, 4.69) is 9.43 Å². The normalized spacial score (nSPS) is 10.9. The Hall–Kier alpha value is -1.04. The topological polar surface area (TPSA) is 82.9 Å². The van der Waals surface area contributed by atoms with Gasteiger partial charge in [0.25, 0.3) is 10.0 Å². The zero-order valence-corrected chi connectivity index (χ0v) is 8.68. The van der Waals surface area contributed by atoms with Crippen LogP contribution in [0.25, 0.3) is 10.4 Å². The van der Waals surface area contributed by atoms with Crippen LogP contribution in [0.3, 0.4) is 0 Å². The lowest BCUT2D eigenvalue weighted by Crippen LogP contribution is -1.94. The number of hydrogen-bond acceptors (Lipinski definition) is 3. The number of azide groups is 1. The van der Waals surface area contributed by atoms with Crippen molar-refractivity contribution in [3.05, 3.63) is 26.3 Å². The number of nitrogens with zero attached hydrogens (tertiary/aromatic N) is 3. The lowest BCUT2D eigenvalue weighted by molar-refractivity contribution is 0.597. The smallest absolute Gasteiger partial charge is 0.216 e. The highest BCUT2D eigenvalue weighted by molar-refractivity contribution is 7.90. The van der Waals surface area contributed by atoms with Crippen LogP contribution in [0.15, 0.2) is 15.5 Å². The van der Waals surface area contributed by atoms with E-state index in [1.807, 2.05) is 0 Å². The van der Waals surface area contributed by atoms with Crippen molar-refractivity contribution in [2.24, 2.45) is 4.52 Å². The molecule has 0 saturated carbocycles. The van der Waals surface area contributed by atoms with Crippen LogP contribution in [0.1, 0.15) is 9.75 Å². The fourth-order valence-electron chi connectivity index (χ4n) is 0.956. The summed E-state index contributed by atoms with van der Waals surface area (Å²) in [4.78, 5) is 3.90. The summed E-state index contributed by atoms with van der Waals surface area (Å²) in [5, 5.41) is 0. The van der Waals surface area contributed by atoms with E-state index in [-0.39, 0.29) is 4.90 Å². The first-order valence-corrected chi connectivity index (χ1v) is 5.61. The quantitative estimate of drug-likeness (QED) is 0.432. The van der Waals surface area contributed by atoms with Gasteiger partial charge in [-0.05, 0) is 25.4 Å². The summed E-state index contributed by atoms with van der Waals surface area (Å²) < 4.78 is 25.3. The van der Waals surface area contributed by atoms with Crippen molar-refractivity contribution in [1.29, 1.82) is 0 Å². The van der Waals surface area contributed by atoms with E-state index in [4.69, 9.17) is 5.53 Å². The molecular formula is C6H7N3O2S2. The van der Waals surface area contributed by atoms with E-state index >= 15 is 0 Å². The number of thiophene rings is 1. The second-order valence-corrected chi connectivity index (χ2v) is 5.44. The summed E-state index contributed by atoms with van der Waals surface area (Å²) in [6.45, 7) is 3.48. The maximum Gasteiger partial charge on any atom is 0.265 e. The van der Waals surface area contributed by atoms with Crippen LogP contribution in [0.5, 0.6) is 0 Å². The van der Waals surface area contributed by atoms with Crippen molar-refractivity contribution in [2.75, 3.05) is 0 Å². The molecule has 0 aromatic carbocycles. The van der Waals surface area contributed by atoms with Gasteiger partial charge in [0.05, 0.1) is 4.90 Å². The van der Waals surface area contributed by atoms with Gasteiger partial charge in [-0.15, -0.1) is 11.3 Å². The van der Waals surface area contributed by atoms with Gasteiger partial charge in [-0.25, -0.2) is 8.42 Å². The van der Waals surface area contributed by atoms with Gasteiger partial charge >= 0.3 is 0 Å². The van der Waals surface area contributed by atoms with Crippen LogP contribution in [-0.4, -0.2) is 8.42 Å². The third kappa shape index (κ3) is 2.00. The van der Waals surface area contributed by atoms with Crippen LogP contribution >= 0.6 is 11.3 Å². The minimum absolute atomic E-state index is 0.104. The van der Waals surface area contributed by atoms with Gasteiger partial charge in [-0.3, -0.25) is 0 Å². The molecule has 0 saturated heterocycles. The van der Waals surface area contributed by atoms with Crippen LogP contribution in [0, 0.1) is 13.8 Å². The molecule has 0 N–H and O–H groups in total. The highest BCUT2D eigenvalue weighted by Gasteiger charge is 2.16. The number of sulfonamides is 1. The molecule has 0 spiro atoms. The van der Waals surface area contributed by atoms with Crippen molar-refractivity contribution in [1.82, 2.24) is 0 Å². The second kappa shape index (κ2) is 3.37. The van der Waals surface area contributed by atoms with E-state index in [0.29, 0.717) is 4.88 Å². The fourth-order valence-corrected chi connectivity index (χ4v) is 3.16. The summed E-state index contributed by atoms with van der Waals surface area (Å²) in [7, 11) is -3.80. The Morgan fingerprint density at radius 3 is 2.54 bits per heavy atom. The molecule has 70 valence electrons. The van der Waals surface area contributed by atoms with E-state index in [1.165, 1.54) is 17.4 Å². The number of aryl methyl sites for hydroxylation is 2. The summed E-state index contributed by atoms with van der Waals surface area (Å²) in [5.41, 5.74) is 8.04. The predicted molar refractivity (Wildman–Crippen MR) is 50.1 cm³/mol. The molecule has 13 heavy (non-hydrogen) atoms. The van der Waals surface area contributed by atoms with E-state index in [9.17, 15) is 8.42 Å². The second-order valence-electron chi connectivity index (χ2n) is 2.42.